The highest BCUT2D eigenvalue weighted by molar-refractivity contribution is 7.99. The molecule has 0 amide bonds. The second-order valence-corrected chi connectivity index (χ2v) is 5.79. The minimum Gasteiger partial charge on any atom is -0.303 e. The fraction of sp³-hybridized carbons (Fsp3) is 0.500. The molecule has 0 bridgehead atoms. The lowest BCUT2D eigenvalue weighted by Crippen LogP contribution is -2.48. The minimum atomic E-state index is -0.383. The highest BCUT2D eigenvalue weighted by Gasteiger charge is 2.29. The van der Waals surface area contributed by atoms with Gasteiger partial charge in [0.2, 0.25) is 0 Å². The first-order valence-electron chi connectivity index (χ1n) is 5.28. The van der Waals surface area contributed by atoms with Crippen LogP contribution in [-0.2, 0) is 0 Å². The molecule has 1 aromatic carbocycles. The van der Waals surface area contributed by atoms with Crippen molar-refractivity contribution >= 4 is 11.8 Å². The number of halogens is 2. The summed E-state index contributed by atoms with van der Waals surface area (Å²) in [6.45, 7) is 4.15. The van der Waals surface area contributed by atoms with Crippen molar-refractivity contribution in [3.63, 3.8) is 0 Å². The topological polar surface area (TPSA) is 12.0 Å². The molecule has 1 nitrogen and oxygen atoms in total. The van der Waals surface area contributed by atoms with Crippen LogP contribution in [0.2, 0.25) is 0 Å². The largest absolute Gasteiger partial charge is 0.303 e. The highest BCUT2D eigenvalue weighted by Crippen LogP contribution is 2.30. The van der Waals surface area contributed by atoms with E-state index in [0.717, 1.165) is 17.6 Å². The summed E-state index contributed by atoms with van der Waals surface area (Å²) in [5.74, 6) is 1.05. The van der Waals surface area contributed by atoms with Gasteiger partial charge in [0.25, 0.3) is 0 Å². The third-order valence-electron chi connectivity index (χ3n) is 2.65. The Morgan fingerprint density at radius 3 is 2.81 bits per heavy atom. The van der Waals surface area contributed by atoms with Crippen LogP contribution < -0.4 is 5.32 Å². The van der Waals surface area contributed by atoms with E-state index in [2.05, 4.69) is 19.2 Å². The maximum atomic E-state index is 13.6. The summed E-state index contributed by atoms with van der Waals surface area (Å²) in [7, 11) is 0. The average Bonchev–Trinajstić information content (AvgIpc) is 2.20. The number of rotatable bonds is 1. The van der Waals surface area contributed by atoms with Gasteiger partial charge in [-0.25, -0.2) is 8.78 Å². The summed E-state index contributed by atoms with van der Waals surface area (Å²) in [5.41, 5.74) is 0.395. The standard InChI is InChI=1S/C12H15F2NS/c1-12(2)7-16-6-11(15-12)9-5-8(13)3-4-10(9)14/h3-5,11,15H,6-7H2,1-2H3. The number of nitrogens with one attached hydrogen (secondary N) is 1. The SMILES string of the molecule is CC1(C)CSCC(c2cc(F)ccc2F)N1. The molecule has 1 aromatic rings. The Labute approximate surface area is 98.6 Å². The van der Waals surface area contributed by atoms with Crippen LogP contribution in [0.15, 0.2) is 18.2 Å². The summed E-state index contributed by atoms with van der Waals surface area (Å²) in [5, 5.41) is 3.35. The van der Waals surface area contributed by atoms with Gasteiger partial charge < -0.3 is 5.32 Å². The van der Waals surface area contributed by atoms with Gasteiger partial charge in [0.15, 0.2) is 0 Å². The molecule has 0 aliphatic carbocycles. The first-order valence-corrected chi connectivity index (χ1v) is 6.44. The molecule has 1 aliphatic rings. The second kappa shape index (κ2) is 4.34. The van der Waals surface area contributed by atoms with Crippen LogP contribution in [-0.4, -0.2) is 17.0 Å². The first kappa shape index (κ1) is 11.9. The lowest BCUT2D eigenvalue weighted by molar-refractivity contribution is 0.368. The number of hydrogen-bond acceptors (Lipinski definition) is 2. The molecule has 16 heavy (non-hydrogen) atoms. The smallest absolute Gasteiger partial charge is 0.128 e. The zero-order chi connectivity index (χ0) is 11.8. The molecule has 88 valence electrons. The summed E-state index contributed by atoms with van der Waals surface area (Å²) < 4.78 is 26.7. The molecular weight excluding hydrogens is 228 g/mol. The monoisotopic (exact) mass is 243 g/mol. The lowest BCUT2D eigenvalue weighted by atomic mass is 10.0. The van der Waals surface area contributed by atoms with Crippen molar-refractivity contribution in [2.24, 2.45) is 0 Å². The third-order valence-corrected chi connectivity index (χ3v) is 4.14. The Hall–Kier alpha value is -0.610. The Bertz CT molecular complexity index is 393. The summed E-state index contributed by atoms with van der Waals surface area (Å²) in [6, 6.07) is 3.53. The molecule has 0 spiro atoms. The van der Waals surface area contributed by atoms with Crippen LogP contribution in [0.1, 0.15) is 25.5 Å². The zero-order valence-corrected chi connectivity index (χ0v) is 10.2. The molecular formula is C12H15F2NS. The van der Waals surface area contributed by atoms with Gasteiger partial charge in [0.05, 0.1) is 0 Å². The number of thioether (sulfide) groups is 1. The molecule has 1 fully saturated rings. The Kier molecular flexibility index (Phi) is 3.22. The summed E-state index contributed by atoms with van der Waals surface area (Å²) >= 11 is 1.77. The molecule has 0 aromatic heterocycles. The van der Waals surface area contributed by atoms with Crippen molar-refractivity contribution in [3.8, 4) is 0 Å². The van der Waals surface area contributed by atoms with E-state index in [1.807, 2.05) is 0 Å². The Balaban J connectivity index is 2.26. The van der Waals surface area contributed by atoms with Crippen molar-refractivity contribution in [1.29, 1.82) is 0 Å². The maximum Gasteiger partial charge on any atom is 0.128 e. The molecule has 1 aliphatic heterocycles. The molecule has 0 saturated carbocycles. The van der Waals surface area contributed by atoms with Crippen molar-refractivity contribution < 1.29 is 8.78 Å². The van der Waals surface area contributed by atoms with Gasteiger partial charge in [0.1, 0.15) is 11.6 Å². The van der Waals surface area contributed by atoms with E-state index < -0.39 is 0 Å². The van der Waals surface area contributed by atoms with E-state index in [1.165, 1.54) is 12.1 Å². The predicted molar refractivity (Wildman–Crippen MR) is 63.6 cm³/mol. The van der Waals surface area contributed by atoms with Crippen molar-refractivity contribution in [2.75, 3.05) is 11.5 Å². The van der Waals surface area contributed by atoms with Gasteiger partial charge in [-0.05, 0) is 32.0 Å². The third kappa shape index (κ3) is 2.55. The van der Waals surface area contributed by atoms with Crippen molar-refractivity contribution in [3.05, 3.63) is 35.4 Å². The van der Waals surface area contributed by atoms with Gasteiger partial charge >= 0.3 is 0 Å². The summed E-state index contributed by atoms with van der Waals surface area (Å²) in [4.78, 5) is 0. The van der Waals surface area contributed by atoms with Crippen LogP contribution in [0.4, 0.5) is 8.78 Å². The molecule has 0 radical (unpaired) electrons. The van der Waals surface area contributed by atoms with Crippen molar-refractivity contribution in [2.45, 2.75) is 25.4 Å². The van der Waals surface area contributed by atoms with Crippen LogP contribution in [0, 0.1) is 11.6 Å². The van der Waals surface area contributed by atoms with Crippen LogP contribution >= 0.6 is 11.8 Å². The molecule has 4 heteroatoms. The van der Waals surface area contributed by atoms with Gasteiger partial charge in [-0.3, -0.25) is 0 Å². The minimum absolute atomic E-state index is 0.0354. The molecule has 1 N–H and O–H groups in total. The molecule has 2 rings (SSSR count). The van der Waals surface area contributed by atoms with Crippen molar-refractivity contribution in [1.82, 2.24) is 5.32 Å². The summed E-state index contributed by atoms with van der Waals surface area (Å²) in [6.07, 6.45) is 0. The van der Waals surface area contributed by atoms with Gasteiger partial charge in [-0.15, -0.1) is 0 Å². The maximum absolute atomic E-state index is 13.6. The van der Waals surface area contributed by atoms with E-state index in [-0.39, 0.29) is 23.2 Å². The number of hydrogen-bond donors (Lipinski definition) is 1. The second-order valence-electron chi connectivity index (χ2n) is 4.76. The molecule has 1 heterocycles. The quantitative estimate of drug-likeness (QED) is 0.813. The van der Waals surface area contributed by atoms with Gasteiger partial charge in [0, 0.05) is 28.6 Å². The Morgan fingerprint density at radius 2 is 2.12 bits per heavy atom. The average molecular weight is 243 g/mol. The van der Waals surface area contributed by atoms with E-state index >= 15 is 0 Å². The van der Waals surface area contributed by atoms with E-state index in [4.69, 9.17) is 0 Å². The molecule has 1 saturated heterocycles. The van der Waals surface area contributed by atoms with Crippen LogP contribution in [0.5, 0.6) is 0 Å². The van der Waals surface area contributed by atoms with E-state index in [0.29, 0.717) is 5.56 Å². The molecule has 1 atom stereocenters. The van der Waals surface area contributed by atoms with Crippen LogP contribution in [0.25, 0.3) is 0 Å². The zero-order valence-electron chi connectivity index (χ0n) is 9.39. The van der Waals surface area contributed by atoms with Crippen LogP contribution in [0.3, 0.4) is 0 Å². The van der Waals surface area contributed by atoms with E-state index in [1.54, 1.807) is 11.8 Å². The lowest BCUT2D eigenvalue weighted by Gasteiger charge is -2.37. The number of benzene rings is 1. The van der Waals surface area contributed by atoms with Gasteiger partial charge in [-0.1, -0.05) is 0 Å². The van der Waals surface area contributed by atoms with E-state index in [9.17, 15) is 8.78 Å². The fourth-order valence-corrected chi connectivity index (χ4v) is 3.15. The fourth-order valence-electron chi connectivity index (χ4n) is 1.94. The Morgan fingerprint density at radius 1 is 1.38 bits per heavy atom. The first-order chi connectivity index (χ1) is 7.48. The van der Waals surface area contributed by atoms with Gasteiger partial charge in [-0.2, -0.15) is 11.8 Å². The normalized spacial score (nSPS) is 24.4. The predicted octanol–water partition coefficient (Wildman–Crippen LogP) is 3.12. The molecule has 1 unspecified atom stereocenters. The highest BCUT2D eigenvalue weighted by atomic mass is 32.2.